The maximum absolute atomic E-state index is 10.6. The molecule has 0 spiro atoms. The Kier molecular flexibility index (Phi) is 3.46. The number of hydrogen-bond donors (Lipinski definition) is 1. The second kappa shape index (κ2) is 4.62. The third-order valence-electron chi connectivity index (χ3n) is 1.63. The first-order valence-corrected chi connectivity index (χ1v) is 4.09. The van der Waals surface area contributed by atoms with Gasteiger partial charge in [0, 0.05) is 0 Å². The molecule has 0 aromatic heterocycles. The van der Waals surface area contributed by atoms with Crippen molar-refractivity contribution in [3.05, 3.63) is 29.8 Å². The predicted octanol–water partition coefficient (Wildman–Crippen LogP) is 1.26. The molecule has 70 valence electrons. The lowest BCUT2D eigenvalue weighted by atomic mass is 10.2. The van der Waals surface area contributed by atoms with Gasteiger partial charge in [0.2, 0.25) is 0 Å². The molecule has 0 amide bonds. The highest BCUT2D eigenvalue weighted by Crippen LogP contribution is 2.16. The van der Waals surface area contributed by atoms with Gasteiger partial charge in [-0.1, -0.05) is 12.1 Å². The van der Waals surface area contributed by atoms with Gasteiger partial charge in [-0.2, -0.15) is 0 Å². The van der Waals surface area contributed by atoms with E-state index in [1.165, 1.54) is 0 Å². The molecule has 1 aromatic carbocycles. The van der Waals surface area contributed by atoms with Crippen LogP contribution in [0.4, 0.5) is 0 Å². The van der Waals surface area contributed by atoms with Gasteiger partial charge < -0.3 is 9.84 Å². The van der Waals surface area contributed by atoms with Crippen LogP contribution in [0.5, 0.6) is 5.75 Å². The summed E-state index contributed by atoms with van der Waals surface area (Å²) in [6, 6.07) is 6.93. The number of ether oxygens (including phenoxy) is 1. The first-order valence-electron chi connectivity index (χ1n) is 4.09. The summed E-state index contributed by atoms with van der Waals surface area (Å²) in [6.07, 6.45) is 0.445. The highest BCUT2D eigenvalue weighted by Gasteiger charge is 2.05. The van der Waals surface area contributed by atoms with Gasteiger partial charge in [0.15, 0.2) is 6.29 Å². The fraction of sp³-hybridized carbons (Fsp3) is 0.300. The van der Waals surface area contributed by atoms with Gasteiger partial charge in [-0.25, -0.2) is 0 Å². The number of benzene rings is 1. The number of carbonyl (C=O) groups is 1. The van der Waals surface area contributed by atoms with Crippen molar-refractivity contribution in [1.82, 2.24) is 0 Å². The lowest BCUT2D eigenvalue weighted by Gasteiger charge is -2.12. The Morgan fingerprint density at radius 1 is 1.54 bits per heavy atom. The number of aliphatic hydroxyl groups excluding tert-OH is 1. The zero-order valence-electron chi connectivity index (χ0n) is 7.43. The van der Waals surface area contributed by atoms with Crippen molar-refractivity contribution in [3.8, 4) is 5.75 Å². The second-order valence-electron chi connectivity index (χ2n) is 2.77. The largest absolute Gasteiger partial charge is 0.488 e. The molecular formula is C10H12O3. The van der Waals surface area contributed by atoms with Crippen LogP contribution < -0.4 is 4.74 Å². The van der Waals surface area contributed by atoms with Gasteiger partial charge in [0.1, 0.15) is 11.9 Å². The Morgan fingerprint density at radius 3 is 2.85 bits per heavy atom. The minimum absolute atomic E-state index is 0.0623. The van der Waals surface area contributed by atoms with Crippen LogP contribution in [-0.4, -0.2) is 24.1 Å². The van der Waals surface area contributed by atoms with Gasteiger partial charge in [0.05, 0.1) is 12.2 Å². The molecule has 0 aliphatic heterocycles. The van der Waals surface area contributed by atoms with E-state index in [4.69, 9.17) is 9.84 Å². The molecule has 0 saturated carbocycles. The van der Waals surface area contributed by atoms with E-state index in [1.54, 1.807) is 31.2 Å². The lowest BCUT2D eigenvalue weighted by molar-refractivity contribution is 0.109. The summed E-state index contributed by atoms with van der Waals surface area (Å²) in [4.78, 5) is 10.6. The van der Waals surface area contributed by atoms with Crippen molar-refractivity contribution in [2.45, 2.75) is 13.0 Å². The quantitative estimate of drug-likeness (QED) is 0.709. The van der Waals surface area contributed by atoms with Gasteiger partial charge in [0.25, 0.3) is 0 Å². The monoisotopic (exact) mass is 180 g/mol. The highest BCUT2D eigenvalue weighted by molar-refractivity contribution is 5.79. The van der Waals surface area contributed by atoms with Crippen LogP contribution in [0.2, 0.25) is 0 Å². The summed E-state index contributed by atoms with van der Waals surface area (Å²) in [5.41, 5.74) is 0.503. The molecule has 0 bridgehead atoms. The van der Waals surface area contributed by atoms with Crippen molar-refractivity contribution in [2.24, 2.45) is 0 Å². The van der Waals surface area contributed by atoms with Crippen LogP contribution >= 0.6 is 0 Å². The zero-order valence-corrected chi connectivity index (χ0v) is 7.43. The van der Waals surface area contributed by atoms with Crippen LogP contribution in [0.25, 0.3) is 0 Å². The Labute approximate surface area is 77.0 Å². The van der Waals surface area contributed by atoms with Gasteiger partial charge in [-0.15, -0.1) is 0 Å². The Morgan fingerprint density at radius 2 is 2.23 bits per heavy atom. The van der Waals surface area contributed by atoms with Crippen LogP contribution in [0.15, 0.2) is 24.3 Å². The van der Waals surface area contributed by atoms with Gasteiger partial charge >= 0.3 is 0 Å². The Hall–Kier alpha value is -1.35. The van der Waals surface area contributed by atoms with E-state index in [2.05, 4.69) is 0 Å². The van der Waals surface area contributed by atoms with Gasteiger partial charge in [-0.3, -0.25) is 4.79 Å². The second-order valence-corrected chi connectivity index (χ2v) is 2.77. The number of aliphatic hydroxyl groups is 1. The van der Waals surface area contributed by atoms with Crippen molar-refractivity contribution >= 4 is 6.29 Å². The fourth-order valence-corrected chi connectivity index (χ4v) is 0.939. The number of para-hydroxylation sites is 1. The Balaban J connectivity index is 2.80. The normalized spacial score (nSPS) is 12.2. The molecule has 0 radical (unpaired) electrons. The molecule has 1 N–H and O–H groups in total. The van der Waals surface area contributed by atoms with Crippen LogP contribution in [0.3, 0.4) is 0 Å². The zero-order chi connectivity index (χ0) is 9.68. The number of aldehydes is 1. The minimum atomic E-state index is -0.291. The first kappa shape index (κ1) is 9.74. The van der Waals surface area contributed by atoms with Crippen LogP contribution in [-0.2, 0) is 0 Å². The standard InChI is InChI=1S/C10H12O3/c1-8(6-11)13-10-5-3-2-4-9(10)7-12/h2-5,7-8,11H,6H2,1H3. The maximum atomic E-state index is 10.6. The molecule has 1 atom stereocenters. The van der Waals surface area contributed by atoms with E-state index in [9.17, 15) is 4.79 Å². The predicted molar refractivity (Wildman–Crippen MR) is 49.0 cm³/mol. The van der Waals surface area contributed by atoms with Crippen molar-refractivity contribution in [2.75, 3.05) is 6.61 Å². The summed E-state index contributed by atoms with van der Waals surface area (Å²) < 4.78 is 5.30. The topological polar surface area (TPSA) is 46.5 Å². The van der Waals surface area contributed by atoms with Crippen molar-refractivity contribution in [3.63, 3.8) is 0 Å². The Bertz CT molecular complexity index is 283. The number of rotatable bonds is 4. The summed E-state index contributed by atoms with van der Waals surface area (Å²) in [5, 5.41) is 8.75. The molecule has 3 nitrogen and oxygen atoms in total. The summed E-state index contributed by atoms with van der Waals surface area (Å²) in [6.45, 7) is 1.68. The highest BCUT2D eigenvalue weighted by atomic mass is 16.5. The van der Waals surface area contributed by atoms with E-state index in [0.29, 0.717) is 11.3 Å². The minimum Gasteiger partial charge on any atom is -0.488 e. The molecule has 0 aliphatic carbocycles. The van der Waals surface area contributed by atoms with E-state index < -0.39 is 0 Å². The summed E-state index contributed by atoms with van der Waals surface area (Å²) >= 11 is 0. The molecule has 1 aromatic rings. The maximum Gasteiger partial charge on any atom is 0.153 e. The average molecular weight is 180 g/mol. The van der Waals surface area contributed by atoms with Crippen molar-refractivity contribution < 1.29 is 14.6 Å². The average Bonchev–Trinajstić information content (AvgIpc) is 2.18. The van der Waals surface area contributed by atoms with E-state index >= 15 is 0 Å². The molecule has 13 heavy (non-hydrogen) atoms. The molecule has 3 heteroatoms. The summed E-state index contributed by atoms with van der Waals surface area (Å²) in [7, 11) is 0. The van der Waals surface area contributed by atoms with Crippen LogP contribution in [0.1, 0.15) is 17.3 Å². The number of hydrogen-bond acceptors (Lipinski definition) is 3. The van der Waals surface area contributed by atoms with Crippen LogP contribution in [0, 0.1) is 0 Å². The molecule has 0 aliphatic rings. The van der Waals surface area contributed by atoms with Crippen molar-refractivity contribution in [1.29, 1.82) is 0 Å². The molecule has 0 heterocycles. The van der Waals surface area contributed by atoms with E-state index in [0.717, 1.165) is 6.29 Å². The molecule has 1 unspecified atom stereocenters. The SMILES string of the molecule is CC(CO)Oc1ccccc1C=O. The lowest BCUT2D eigenvalue weighted by Crippen LogP contribution is -2.16. The third-order valence-corrected chi connectivity index (χ3v) is 1.63. The molecule has 0 fully saturated rings. The van der Waals surface area contributed by atoms with E-state index in [-0.39, 0.29) is 12.7 Å². The fourth-order valence-electron chi connectivity index (χ4n) is 0.939. The summed E-state index contributed by atoms with van der Waals surface area (Å²) in [5.74, 6) is 0.513. The molecular weight excluding hydrogens is 168 g/mol. The third kappa shape index (κ3) is 2.56. The number of carbonyl (C=O) groups excluding carboxylic acids is 1. The first-order chi connectivity index (χ1) is 6.27. The molecule has 0 saturated heterocycles. The van der Waals surface area contributed by atoms with Gasteiger partial charge in [-0.05, 0) is 19.1 Å². The molecule has 1 rings (SSSR count). The van der Waals surface area contributed by atoms with E-state index in [1.807, 2.05) is 0 Å². The smallest absolute Gasteiger partial charge is 0.153 e.